The number of methoxy groups -OCH3 is 1. The molecule has 0 unspecified atom stereocenters. The molecule has 0 spiro atoms. The minimum absolute atomic E-state index is 0.00381. The van der Waals surface area contributed by atoms with Crippen molar-refractivity contribution in [3.63, 3.8) is 0 Å². The van der Waals surface area contributed by atoms with Gasteiger partial charge in [0, 0.05) is 17.0 Å². The number of ether oxygens (including phenoxy) is 4. The highest BCUT2D eigenvalue weighted by Gasteiger charge is 2.54. The molecule has 2 aliphatic heterocycles. The van der Waals surface area contributed by atoms with Crippen LogP contribution < -0.4 is 15.4 Å². The number of thiazole rings is 1. The number of thioether (sulfide) groups is 1. The van der Waals surface area contributed by atoms with Crippen molar-refractivity contribution in [2.75, 3.05) is 37.5 Å². The number of unbranched alkanes of at least 4 members (excludes halogenated alkanes) is 1. The van der Waals surface area contributed by atoms with E-state index in [2.05, 4.69) is 15.8 Å². The summed E-state index contributed by atoms with van der Waals surface area (Å²) in [6, 6.07) is 35.8. The van der Waals surface area contributed by atoms with Crippen LogP contribution in [0.3, 0.4) is 0 Å². The number of oxime groups is 1. The predicted octanol–water partition coefficient (Wildman–Crippen LogP) is 7.82. The first-order valence-corrected chi connectivity index (χ1v) is 22.5. The highest BCUT2D eigenvalue weighted by molar-refractivity contribution is 8.00. The van der Waals surface area contributed by atoms with Crippen molar-refractivity contribution >= 4 is 69.5 Å². The third-order valence-electron chi connectivity index (χ3n) is 10.2. The molecule has 17 heteroatoms. The van der Waals surface area contributed by atoms with E-state index in [-0.39, 0.29) is 36.2 Å². The summed E-state index contributed by atoms with van der Waals surface area (Å²) in [6.07, 6.45) is 0.520. The van der Waals surface area contributed by atoms with Gasteiger partial charge in [0.25, 0.3) is 18.6 Å². The molecule has 5 aromatic rings. The van der Waals surface area contributed by atoms with Gasteiger partial charge in [0.05, 0.1) is 13.7 Å². The molecule has 2 aliphatic rings. The molecule has 14 nitrogen and oxygen atoms in total. The highest BCUT2D eigenvalue weighted by Crippen LogP contribution is 2.42. The van der Waals surface area contributed by atoms with Gasteiger partial charge in [0.1, 0.15) is 40.7 Å². The largest absolute Gasteiger partial charge is 0.511 e. The SMILES string of the molecule is CCCCOC(=O)OCO/N=C(\C(=O)N[C@@H]1C(=O)N2C(C(=O)OCc3ccc(OC)cc3)=C(CCl)CS[C@H]12)c1csc(NC(c2ccccc2)(c2ccccc2)c2ccccc2)n1. The van der Waals surface area contributed by atoms with Crippen LogP contribution in [0.15, 0.2) is 137 Å². The van der Waals surface area contributed by atoms with Gasteiger partial charge in [-0.15, -0.1) is 34.7 Å². The summed E-state index contributed by atoms with van der Waals surface area (Å²) in [6.45, 7) is 1.41. The van der Waals surface area contributed by atoms with Gasteiger partial charge in [-0.05, 0) is 46.4 Å². The number of halogens is 1. The van der Waals surface area contributed by atoms with Crippen molar-refractivity contribution in [2.45, 2.75) is 43.3 Å². The number of carbonyl (C=O) groups excluding carboxylic acids is 4. The van der Waals surface area contributed by atoms with Crippen LogP contribution in [-0.2, 0) is 45.6 Å². The van der Waals surface area contributed by atoms with Gasteiger partial charge >= 0.3 is 12.1 Å². The summed E-state index contributed by atoms with van der Waals surface area (Å²) in [5.74, 6) is -1.09. The maximum Gasteiger partial charge on any atom is 0.511 e. The van der Waals surface area contributed by atoms with E-state index in [1.165, 1.54) is 28.0 Å². The van der Waals surface area contributed by atoms with Crippen LogP contribution in [0.1, 0.15) is 47.7 Å². The lowest BCUT2D eigenvalue weighted by molar-refractivity contribution is -0.153. The molecule has 0 aliphatic carbocycles. The Kier molecular flexibility index (Phi) is 15.0. The molecular formula is C46H44ClN5O9S2. The van der Waals surface area contributed by atoms with Gasteiger partial charge in [-0.25, -0.2) is 14.6 Å². The summed E-state index contributed by atoms with van der Waals surface area (Å²) < 4.78 is 20.9. The second-order valence-corrected chi connectivity index (χ2v) is 16.4. The highest BCUT2D eigenvalue weighted by atomic mass is 35.5. The fourth-order valence-corrected chi connectivity index (χ4v) is 9.45. The summed E-state index contributed by atoms with van der Waals surface area (Å²) in [5.41, 5.74) is 2.99. The number of aromatic nitrogens is 1. The molecule has 326 valence electrons. The standard InChI is InChI=1S/C46H44ClN5O9S2/c1-3-4-24-58-45(56)60-29-61-51-37(36-28-63-44(48-36)50-46(32-14-8-5-9-15-32,33-16-10-6-11-17-33)34-18-12-7-13-19-34)40(53)49-38-41(54)52-39(31(25-47)27-62-42(38)52)43(55)59-26-30-20-22-35(57-2)23-21-30/h5-23,28,38,42H,3-4,24-27,29H2,1-2H3,(H,48,50)(H,49,53)/b51-37-/t38-,42-/m1/s1. The topological polar surface area (TPSA) is 167 Å². The number of rotatable bonds is 19. The van der Waals surface area contributed by atoms with Crippen LogP contribution in [0.5, 0.6) is 5.75 Å². The third kappa shape index (κ3) is 10.1. The molecule has 0 radical (unpaired) electrons. The normalized spacial score (nSPS) is 16.0. The number of carbonyl (C=O) groups is 4. The lowest BCUT2D eigenvalue weighted by Gasteiger charge is -2.49. The second kappa shape index (κ2) is 21.1. The van der Waals surface area contributed by atoms with Crippen molar-refractivity contribution in [3.8, 4) is 5.75 Å². The van der Waals surface area contributed by atoms with E-state index in [4.69, 9.17) is 40.4 Å². The zero-order valence-electron chi connectivity index (χ0n) is 34.4. The zero-order valence-corrected chi connectivity index (χ0v) is 36.8. The zero-order chi connectivity index (χ0) is 44.2. The fourth-order valence-electron chi connectivity index (χ4n) is 7.02. The minimum atomic E-state index is -1.06. The maximum absolute atomic E-state index is 14.2. The number of amides is 2. The molecular weight excluding hydrogens is 866 g/mol. The van der Waals surface area contributed by atoms with Gasteiger partial charge in [0.15, 0.2) is 10.8 Å². The van der Waals surface area contributed by atoms with Crippen molar-refractivity contribution < 1.29 is 43.0 Å². The number of esters is 1. The summed E-state index contributed by atoms with van der Waals surface area (Å²) in [4.78, 5) is 65.2. The maximum atomic E-state index is 14.2. The number of nitrogens with one attached hydrogen (secondary N) is 2. The average Bonchev–Trinajstić information content (AvgIpc) is 3.79. The van der Waals surface area contributed by atoms with Crippen LogP contribution in [-0.4, -0.2) is 83.1 Å². The van der Waals surface area contributed by atoms with Crippen molar-refractivity contribution in [3.05, 3.63) is 160 Å². The molecule has 2 N–H and O–H groups in total. The predicted molar refractivity (Wildman–Crippen MR) is 240 cm³/mol. The Morgan fingerprint density at radius 1 is 0.889 bits per heavy atom. The van der Waals surface area contributed by atoms with Crippen LogP contribution in [0.25, 0.3) is 0 Å². The Morgan fingerprint density at radius 3 is 2.11 bits per heavy atom. The lowest BCUT2D eigenvalue weighted by Crippen LogP contribution is -2.71. The average molecular weight is 910 g/mol. The van der Waals surface area contributed by atoms with E-state index in [0.29, 0.717) is 28.6 Å². The Labute approximate surface area is 377 Å². The molecule has 2 atom stereocenters. The quantitative estimate of drug-likeness (QED) is 0.0121. The summed E-state index contributed by atoms with van der Waals surface area (Å²) in [5, 5.41) is 11.9. The lowest BCUT2D eigenvalue weighted by atomic mass is 9.77. The van der Waals surface area contributed by atoms with E-state index in [1.54, 1.807) is 36.8 Å². The van der Waals surface area contributed by atoms with E-state index >= 15 is 0 Å². The minimum Gasteiger partial charge on any atom is -0.497 e. The smallest absolute Gasteiger partial charge is 0.497 e. The van der Waals surface area contributed by atoms with Crippen molar-refractivity contribution in [1.82, 2.24) is 15.2 Å². The van der Waals surface area contributed by atoms with Crippen molar-refractivity contribution in [2.24, 2.45) is 5.16 Å². The first-order valence-electron chi connectivity index (χ1n) is 20.0. The first-order chi connectivity index (χ1) is 30.8. The molecule has 3 heterocycles. The van der Waals surface area contributed by atoms with Gasteiger partial charge in [0.2, 0.25) is 0 Å². The molecule has 0 bridgehead atoms. The molecule has 0 saturated carbocycles. The van der Waals surface area contributed by atoms with Gasteiger partial charge in [-0.2, -0.15) is 0 Å². The van der Waals surface area contributed by atoms with E-state index in [9.17, 15) is 19.2 Å². The second-order valence-electron chi connectivity index (χ2n) is 14.2. The number of fused-ring (bicyclic) bond motifs is 1. The molecule has 4 aromatic carbocycles. The Bertz CT molecular complexity index is 2340. The molecule has 63 heavy (non-hydrogen) atoms. The Hall–Kier alpha value is -6.36. The molecule has 2 amide bonds. The summed E-state index contributed by atoms with van der Waals surface area (Å²) in [7, 11) is 1.56. The van der Waals surface area contributed by atoms with Crippen LogP contribution >= 0.6 is 34.7 Å². The Morgan fingerprint density at radius 2 is 1.52 bits per heavy atom. The van der Waals surface area contributed by atoms with Crippen LogP contribution in [0.4, 0.5) is 9.93 Å². The number of β-lactam (4-membered cyclic amide) rings is 1. The van der Waals surface area contributed by atoms with Crippen molar-refractivity contribution in [1.29, 1.82) is 0 Å². The monoisotopic (exact) mass is 909 g/mol. The molecule has 1 fully saturated rings. The number of alkyl halides is 1. The van der Waals surface area contributed by atoms with Gasteiger partial charge in [-0.3, -0.25) is 14.5 Å². The number of anilines is 1. The Balaban J connectivity index is 1.14. The van der Waals surface area contributed by atoms with Gasteiger partial charge in [-0.1, -0.05) is 122 Å². The van der Waals surface area contributed by atoms with Gasteiger partial charge < -0.3 is 34.4 Å². The summed E-state index contributed by atoms with van der Waals surface area (Å²) >= 11 is 8.84. The molecule has 1 saturated heterocycles. The fraction of sp³-hybridized carbons (Fsp3) is 0.261. The number of hydrogen-bond donors (Lipinski definition) is 2. The van der Waals surface area contributed by atoms with E-state index in [1.807, 2.05) is 97.9 Å². The number of hydrogen-bond acceptors (Lipinski definition) is 14. The first kappa shape index (κ1) is 44.7. The van der Waals surface area contributed by atoms with E-state index in [0.717, 1.165) is 28.7 Å². The number of benzene rings is 4. The third-order valence-corrected chi connectivity index (χ3v) is 12.6. The molecule has 7 rings (SSSR count). The number of nitrogens with zero attached hydrogens (tertiary/aromatic N) is 3. The van der Waals surface area contributed by atoms with E-state index < -0.39 is 47.7 Å². The molecule has 1 aromatic heterocycles. The van der Waals surface area contributed by atoms with Crippen LogP contribution in [0, 0.1) is 0 Å². The van der Waals surface area contributed by atoms with Crippen LogP contribution in [0.2, 0.25) is 0 Å².